The van der Waals surface area contributed by atoms with Crippen LogP contribution in [0.1, 0.15) is 5.56 Å². The van der Waals surface area contributed by atoms with Crippen LogP contribution in [0.25, 0.3) is 0 Å². The van der Waals surface area contributed by atoms with Gasteiger partial charge in [0.25, 0.3) is 0 Å². The zero-order chi connectivity index (χ0) is 10.7. The molecule has 1 N–H and O–H groups in total. The van der Waals surface area contributed by atoms with Crippen LogP contribution in [0.15, 0.2) is 48.8 Å². The average Bonchev–Trinajstić information content (AvgIpc) is 2.22. The number of aromatic hydroxyl groups is 1. The number of rotatable bonds is 2. The van der Waals surface area contributed by atoms with Gasteiger partial charge in [-0.1, -0.05) is 29.8 Å². The molecule has 76 valence electrons. The molecule has 0 amide bonds. The van der Waals surface area contributed by atoms with Gasteiger partial charge in [-0.05, 0) is 12.1 Å². The second kappa shape index (κ2) is 4.32. The third kappa shape index (κ3) is 2.48. The fourth-order valence-electron chi connectivity index (χ4n) is 1.43. The summed E-state index contributed by atoms with van der Waals surface area (Å²) >= 11 is 6.04. The Morgan fingerprint density at radius 3 is 2.67 bits per heavy atom. The molecular formula is C12H11ClNO+. The van der Waals surface area contributed by atoms with Crippen LogP contribution < -0.4 is 4.57 Å². The summed E-state index contributed by atoms with van der Waals surface area (Å²) in [6.45, 7) is 0.661. The Kier molecular flexibility index (Phi) is 2.88. The lowest BCUT2D eigenvalue weighted by Crippen LogP contribution is -2.33. The molecule has 0 unspecified atom stereocenters. The van der Waals surface area contributed by atoms with Gasteiger partial charge in [-0.15, -0.1) is 0 Å². The molecule has 0 saturated carbocycles. The van der Waals surface area contributed by atoms with E-state index in [0.29, 0.717) is 6.54 Å². The van der Waals surface area contributed by atoms with Gasteiger partial charge in [0.05, 0.1) is 5.02 Å². The van der Waals surface area contributed by atoms with E-state index in [1.807, 2.05) is 35.0 Å². The van der Waals surface area contributed by atoms with Crippen molar-refractivity contribution in [3.8, 4) is 5.75 Å². The van der Waals surface area contributed by atoms with Crippen LogP contribution in [0.2, 0.25) is 5.02 Å². The quantitative estimate of drug-likeness (QED) is 0.773. The Morgan fingerprint density at radius 1 is 1.13 bits per heavy atom. The number of nitrogens with zero attached hydrogens (tertiary/aromatic N) is 1. The van der Waals surface area contributed by atoms with Crippen molar-refractivity contribution >= 4 is 11.6 Å². The first kappa shape index (κ1) is 9.99. The summed E-state index contributed by atoms with van der Waals surface area (Å²) < 4.78 is 1.89. The summed E-state index contributed by atoms with van der Waals surface area (Å²) in [6, 6.07) is 11.1. The highest BCUT2D eigenvalue weighted by Crippen LogP contribution is 2.14. The molecule has 0 aliphatic carbocycles. The third-order valence-electron chi connectivity index (χ3n) is 2.15. The summed E-state index contributed by atoms with van der Waals surface area (Å²) in [5.74, 6) is 0.254. The van der Waals surface area contributed by atoms with Gasteiger partial charge in [0.2, 0.25) is 6.20 Å². The lowest BCUT2D eigenvalue weighted by molar-refractivity contribution is -0.688. The molecule has 2 nitrogen and oxygen atoms in total. The fraction of sp³-hybridized carbons (Fsp3) is 0.0833. The molecule has 1 aromatic carbocycles. The van der Waals surface area contributed by atoms with Crippen LogP contribution in [0.4, 0.5) is 0 Å². The van der Waals surface area contributed by atoms with E-state index in [1.165, 1.54) is 0 Å². The van der Waals surface area contributed by atoms with E-state index in [4.69, 9.17) is 11.6 Å². The molecule has 0 spiro atoms. The van der Waals surface area contributed by atoms with E-state index in [1.54, 1.807) is 18.3 Å². The highest BCUT2D eigenvalue weighted by atomic mass is 35.5. The minimum atomic E-state index is 0.254. The molecule has 0 radical (unpaired) electrons. The minimum absolute atomic E-state index is 0.254. The van der Waals surface area contributed by atoms with Crippen LogP contribution in [-0.4, -0.2) is 5.11 Å². The van der Waals surface area contributed by atoms with E-state index in [9.17, 15) is 5.11 Å². The first-order valence-corrected chi connectivity index (χ1v) is 5.05. The van der Waals surface area contributed by atoms with Gasteiger partial charge in [0.1, 0.15) is 0 Å². The summed E-state index contributed by atoms with van der Waals surface area (Å²) in [5.41, 5.74) is 1.04. The standard InChI is InChI=1S/C12H10ClNO/c13-12-6-2-1-4-10(12)8-14-7-3-5-11(15)9-14/h1-7,9H,8H2/p+1. The maximum atomic E-state index is 9.31. The van der Waals surface area contributed by atoms with Gasteiger partial charge in [-0.2, -0.15) is 4.57 Å². The largest absolute Gasteiger partial charge is 0.503 e. The lowest BCUT2D eigenvalue weighted by Gasteiger charge is -2.00. The van der Waals surface area contributed by atoms with Crippen molar-refractivity contribution in [3.05, 3.63) is 59.4 Å². The Morgan fingerprint density at radius 2 is 1.93 bits per heavy atom. The topological polar surface area (TPSA) is 24.1 Å². The molecule has 0 bridgehead atoms. The van der Waals surface area contributed by atoms with E-state index < -0.39 is 0 Å². The second-order valence-corrected chi connectivity index (χ2v) is 3.73. The molecule has 1 heterocycles. The van der Waals surface area contributed by atoms with Crippen molar-refractivity contribution in [2.75, 3.05) is 0 Å². The molecule has 2 rings (SSSR count). The molecule has 0 saturated heterocycles. The number of hydrogen-bond acceptors (Lipinski definition) is 1. The van der Waals surface area contributed by atoms with E-state index in [-0.39, 0.29) is 5.75 Å². The van der Waals surface area contributed by atoms with Crippen molar-refractivity contribution in [1.29, 1.82) is 0 Å². The highest BCUT2D eigenvalue weighted by Gasteiger charge is 2.06. The number of aromatic nitrogens is 1. The predicted molar refractivity (Wildman–Crippen MR) is 58.9 cm³/mol. The van der Waals surface area contributed by atoms with Crippen LogP contribution in [0, 0.1) is 0 Å². The number of hydrogen-bond donors (Lipinski definition) is 1. The SMILES string of the molecule is Oc1ccc[n+](Cc2ccccc2Cl)c1. The van der Waals surface area contributed by atoms with Crippen molar-refractivity contribution < 1.29 is 9.67 Å². The molecule has 2 aromatic rings. The van der Waals surface area contributed by atoms with Crippen molar-refractivity contribution in [1.82, 2.24) is 0 Å². The van der Waals surface area contributed by atoms with Gasteiger partial charge in [-0.3, -0.25) is 0 Å². The van der Waals surface area contributed by atoms with Crippen molar-refractivity contribution in [3.63, 3.8) is 0 Å². The van der Waals surface area contributed by atoms with E-state index in [0.717, 1.165) is 10.6 Å². The molecule has 0 fully saturated rings. The minimum Gasteiger partial charge on any atom is -0.503 e. The zero-order valence-electron chi connectivity index (χ0n) is 8.10. The van der Waals surface area contributed by atoms with Gasteiger partial charge >= 0.3 is 0 Å². The second-order valence-electron chi connectivity index (χ2n) is 3.33. The molecule has 1 aromatic heterocycles. The molecular weight excluding hydrogens is 210 g/mol. The summed E-state index contributed by atoms with van der Waals surface area (Å²) in [6.07, 6.45) is 3.56. The van der Waals surface area contributed by atoms with E-state index >= 15 is 0 Å². The monoisotopic (exact) mass is 220 g/mol. The normalized spacial score (nSPS) is 10.2. The summed E-state index contributed by atoms with van der Waals surface area (Å²) in [5, 5.41) is 10.1. The Hall–Kier alpha value is -1.54. The number of benzene rings is 1. The molecule has 3 heteroatoms. The smallest absolute Gasteiger partial charge is 0.211 e. The summed E-state index contributed by atoms with van der Waals surface area (Å²) in [7, 11) is 0. The summed E-state index contributed by atoms with van der Waals surface area (Å²) in [4.78, 5) is 0. The fourth-order valence-corrected chi connectivity index (χ4v) is 1.63. The maximum absolute atomic E-state index is 9.31. The van der Waals surface area contributed by atoms with E-state index in [2.05, 4.69) is 0 Å². The average molecular weight is 221 g/mol. The predicted octanol–water partition coefficient (Wildman–Crippen LogP) is 2.38. The third-order valence-corrected chi connectivity index (χ3v) is 2.52. The maximum Gasteiger partial charge on any atom is 0.211 e. The van der Waals surface area contributed by atoms with Crippen LogP contribution in [0.3, 0.4) is 0 Å². The van der Waals surface area contributed by atoms with Crippen LogP contribution in [0.5, 0.6) is 5.75 Å². The molecule has 0 aliphatic heterocycles. The Balaban J connectivity index is 2.26. The van der Waals surface area contributed by atoms with Crippen molar-refractivity contribution in [2.45, 2.75) is 6.54 Å². The highest BCUT2D eigenvalue weighted by molar-refractivity contribution is 6.31. The van der Waals surface area contributed by atoms with Gasteiger partial charge in [0, 0.05) is 11.6 Å². The molecule has 0 atom stereocenters. The van der Waals surface area contributed by atoms with Gasteiger partial charge in [0.15, 0.2) is 18.5 Å². The van der Waals surface area contributed by atoms with Gasteiger partial charge < -0.3 is 5.11 Å². The van der Waals surface area contributed by atoms with Crippen LogP contribution >= 0.6 is 11.6 Å². The van der Waals surface area contributed by atoms with Gasteiger partial charge in [-0.25, -0.2) is 0 Å². The zero-order valence-corrected chi connectivity index (χ0v) is 8.85. The molecule has 15 heavy (non-hydrogen) atoms. The first-order chi connectivity index (χ1) is 7.25. The Bertz CT molecular complexity index is 471. The van der Waals surface area contributed by atoms with Crippen LogP contribution in [-0.2, 0) is 6.54 Å². The lowest BCUT2D eigenvalue weighted by atomic mass is 10.2. The van der Waals surface area contributed by atoms with Crippen molar-refractivity contribution in [2.24, 2.45) is 0 Å². The Labute approximate surface area is 93.4 Å². The number of halogens is 1. The number of pyridine rings is 1. The molecule has 0 aliphatic rings. The first-order valence-electron chi connectivity index (χ1n) is 4.67.